The fourth-order valence-electron chi connectivity index (χ4n) is 3.92. The van der Waals surface area contributed by atoms with Gasteiger partial charge in [0.05, 0.1) is 30.2 Å². The van der Waals surface area contributed by atoms with Crippen LogP contribution in [0.2, 0.25) is 0 Å². The van der Waals surface area contributed by atoms with Gasteiger partial charge in [0.1, 0.15) is 5.82 Å². The summed E-state index contributed by atoms with van der Waals surface area (Å²) in [6, 6.07) is 5.99. The van der Waals surface area contributed by atoms with Crippen LogP contribution in [0.1, 0.15) is 66.5 Å². The lowest BCUT2D eigenvalue weighted by Gasteiger charge is -2.20. The number of hydrogen-bond donors (Lipinski definition) is 1. The van der Waals surface area contributed by atoms with Gasteiger partial charge >= 0.3 is 12.1 Å². The van der Waals surface area contributed by atoms with Gasteiger partial charge in [-0.15, -0.1) is 19.0 Å². The van der Waals surface area contributed by atoms with Crippen LogP contribution in [0, 0.1) is 24.1 Å². The molecule has 0 heterocycles. The number of carbonyl (C=O) groups excluding carboxylic acids is 1. The van der Waals surface area contributed by atoms with Crippen molar-refractivity contribution in [2.45, 2.75) is 58.2 Å². The van der Waals surface area contributed by atoms with E-state index in [0.29, 0.717) is 28.7 Å². The first-order valence-electron chi connectivity index (χ1n) is 11.0. The molecule has 0 aliphatic carbocycles. The Labute approximate surface area is 209 Å². The second kappa shape index (κ2) is 13.3. The molecule has 0 saturated carbocycles. The van der Waals surface area contributed by atoms with Gasteiger partial charge in [-0.05, 0) is 86.1 Å². The number of unbranched alkanes of at least 4 members (excludes halogenated alkanes) is 2. The quantitative estimate of drug-likeness (QED) is 0.161. The SMILES string of the molecule is C=CCCCCc1cc(C#N)cc(C)c1-c1cc([C@@H](N)CC(=O)OCC)c(F)c(C(F)(F)F)c1.Cl. The lowest BCUT2D eigenvalue weighted by Crippen LogP contribution is -2.21. The van der Waals surface area contributed by atoms with Crippen molar-refractivity contribution in [2.75, 3.05) is 6.61 Å². The van der Waals surface area contributed by atoms with E-state index in [1.54, 1.807) is 32.1 Å². The molecule has 190 valence electrons. The van der Waals surface area contributed by atoms with E-state index >= 15 is 0 Å². The van der Waals surface area contributed by atoms with Crippen molar-refractivity contribution in [3.8, 4) is 17.2 Å². The van der Waals surface area contributed by atoms with Crippen LogP contribution in [0.15, 0.2) is 36.9 Å². The molecular weight excluding hydrogens is 484 g/mol. The molecule has 2 N–H and O–H groups in total. The molecule has 35 heavy (non-hydrogen) atoms. The molecule has 0 bridgehead atoms. The zero-order valence-corrected chi connectivity index (χ0v) is 20.5. The predicted molar refractivity (Wildman–Crippen MR) is 129 cm³/mol. The van der Waals surface area contributed by atoms with Crippen LogP contribution in [-0.4, -0.2) is 12.6 Å². The van der Waals surface area contributed by atoms with Crippen LogP contribution < -0.4 is 5.73 Å². The van der Waals surface area contributed by atoms with Crippen LogP contribution in [0.25, 0.3) is 11.1 Å². The number of benzene rings is 2. The number of nitrogens with two attached hydrogens (primary N) is 1. The van der Waals surface area contributed by atoms with Crippen LogP contribution in [0.3, 0.4) is 0 Å². The molecule has 1 atom stereocenters. The minimum absolute atomic E-state index is 0. The highest BCUT2D eigenvalue weighted by Crippen LogP contribution is 2.40. The summed E-state index contributed by atoms with van der Waals surface area (Å²) < 4.78 is 61.0. The van der Waals surface area contributed by atoms with Gasteiger partial charge < -0.3 is 10.5 Å². The number of allylic oxidation sites excluding steroid dienone is 1. The molecule has 4 nitrogen and oxygen atoms in total. The van der Waals surface area contributed by atoms with E-state index in [9.17, 15) is 27.6 Å². The fraction of sp³-hybridized carbons (Fsp3) is 0.385. The van der Waals surface area contributed by atoms with Crippen LogP contribution in [0.5, 0.6) is 0 Å². The summed E-state index contributed by atoms with van der Waals surface area (Å²) in [5.74, 6) is -2.24. The first-order chi connectivity index (χ1) is 16.0. The van der Waals surface area contributed by atoms with E-state index in [1.807, 2.05) is 0 Å². The van der Waals surface area contributed by atoms with Gasteiger partial charge in [-0.1, -0.05) is 6.08 Å². The van der Waals surface area contributed by atoms with Crippen molar-refractivity contribution in [2.24, 2.45) is 5.73 Å². The highest BCUT2D eigenvalue weighted by Gasteiger charge is 2.37. The normalized spacial score (nSPS) is 11.8. The summed E-state index contributed by atoms with van der Waals surface area (Å²) in [6.45, 7) is 7.02. The molecule has 0 unspecified atom stereocenters. The standard InChI is InChI=1S/C26H28F4N2O2.ClH/c1-4-6-7-8-9-18-11-17(15-31)10-16(3)24(18)19-12-20(22(32)14-23(33)34-5-2)25(27)21(13-19)26(28,29)30;/h4,10-13,22H,1,5-9,14,32H2,2-3H3;1H/t22-;/m0./s1. The number of rotatable bonds is 10. The first-order valence-corrected chi connectivity index (χ1v) is 11.0. The number of nitriles is 1. The number of hydrogen-bond acceptors (Lipinski definition) is 4. The third-order valence-electron chi connectivity index (χ3n) is 5.44. The molecule has 0 aromatic heterocycles. The second-order valence-corrected chi connectivity index (χ2v) is 8.01. The van der Waals surface area contributed by atoms with E-state index in [2.05, 4.69) is 12.6 Å². The highest BCUT2D eigenvalue weighted by molar-refractivity contribution is 5.85. The molecule has 0 radical (unpaired) electrons. The maximum absolute atomic E-state index is 15.0. The van der Waals surface area contributed by atoms with Gasteiger partial charge in [0.15, 0.2) is 0 Å². The molecule has 0 aliphatic heterocycles. The second-order valence-electron chi connectivity index (χ2n) is 8.01. The Kier molecular flexibility index (Phi) is 11.4. The number of nitrogens with zero attached hydrogens (tertiary/aromatic N) is 1. The summed E-state index contributed by atoms with van der Waals surface area (Å²) in [5, 5.41) is 9.37. The lowest BCUT2D eigenvalue weighted by molar-refractivity contribution is -0.143. The van der Waals surface area contributed by atoms with Gasteiger partial charge in [0, 0.05) is 11.6 Å². The summed E-state index contributed by atoms with van der Waals surface area (Å²) in [6.07, 6.45) is -0.794. The van der Waals surface area contributed by atoms with E-state index < -0.39 is 41.6 Å². The lowest BCUT2D eigenvalue weighted by atomic mass is 9.87. The van der Waals surface area contributed by atoms with E-state index in [-0.39, 0.29) is 24.6 Å². The zero-order chi connectivity index (χ0) is 25.5. The van der Waals surface area contributed by atoms with Crippen molar-refractivity contribution in [3.63, 3.8) is 0 Å². The third-order valence-corrected chi connectivity index (χ3v) is 5.44. The van der Waals surface area contributed by atoms with Crippen LogP contribution >= 0.6 is 12.4 Å². The summed E-state index contributed by atoms with van der Waals surface area (Å²) >= 11 is 0. The molecule has 2 aromatic rings. The number of carbonyl (C=O) groups is 1. The number of halogens is 5. The minimum atomic E-state index is -4.97. The van der Waals surface area contributed by atoms with Crippen LogP contribution in [-0.2, 0) is 22.1 Å². The Bertz CT molecular complexity index is 1090. The van der Waals surface area contributed by atoms with E-state index in [4.69, 9.17) is 10.5 Å². The van der Waals surface area contributed by atoms with Crippen molar-refractivity contribution in [1.29, 1.82) is 5.26 Å². The largest absolute Gasteiger partial charge is 0.466 e. The molecule has 0 fully saturated rings. The van der Waals surface area contributed by atoms with Gasteiger partial charge in [0.2, 0.25) is 0 Å². The maximum Gasteiger partial charge on any atom is 0.419 e. The van der Waals surface area contributed by atoms with Gasteiger partial charge in [-0.2, -0.15) is 18.4 Å². The molecule has 0 spiro atoms. The Hall–Kier alpha value is -2.89. The van der Waals surface area contributed by atoms with Crippen molar-refractivity contribution in [1.82, 2.24) is 0 Å². The predicted octanol–water partition coefficient (Wildman–Crippen LogP) is 6.97. The molecule has 0 amide bonds. The molecule has 0 aliphatic rings. The van der Waals surface area contributed by atoms with E-state index in [1.165, 1.54) is 6.07 Å². The van der Waals surface area contributed by atoms with Crippen molar-refractivity contribution < 1.29 is 27.1 Å². The molecule has 9 heteroatoms. The number of alkyl halides is 3. The smallest absolute Gasteiger partial charge is 0.419 e. The Balaban J connectivity index is 0.00000612. The number of ether oxygens (including phenoxy) is 1. The molecule has 2 rings (SSSR count). The Morgan fingerprint density at radius 1 is 1.26 bits per heavy atom. The third kappa shape index (κ3) is 7.81. The molecule has 2 aromatic carbocycles. The monoisotopic (exact) mass is 512 g/mol. The molecular formula is C26H29ClF4N2O2. The minimum Gasteiger partial charge on any atom is -0.466 e. The topological polar surface area (TPSA) is 76.1 Å². The van der Waals surface area contributed by atoms with Crippen molar-refractivity contribution in [3.05, 3.63) is 70.6 Å². The zero-order valence-electron chi connectivity index (χ0n) is 19.7. The first kappa shape index (κ1) is 30.1. The summed E-state index contributed by atoms with van der Waals surface area (Å²) in [5.41, 5.74) is 6.36. The van der Waals surface area contributed by atoms with Gasteiger partial charge in [-0.25, -0.2) is 4.39 Å². The summed E-state index contributed by atoms with van der Waals surface area (Å²) in [4.78, 5) is 11.8. The Morgan fingerprint density at radius 3 is 2.51 bits per heavy atom. The average molecular weight is 513 g/mol. The number of esters is 1. The number of aryl methyl sites for hydroxylation is 2. The Morgan fingerprint density at radius 2 is 1.94 bits per heavy atom. The fourth-order valence-corrected chi connectivity index (χ4v) is 3.92. The van der Waals surface area contributed by atoms with Crippen molar-refractivity contribution >= 4 is 18.4 Å². The van der Waals surface area contributed by atoms with Crippen LogP contribution in [0.4, 0.5) is 17.6 Å². The molecule has 0 saturated heterocycles. The maximum atomic E-state index is 15.0. The van der Waals surface area contributed by atoms with Gasteiger partial charge in [0.25, 0.3) is 0 Å². The van der Waals surface area contributed by atoms with E-state index in [0.717, 1.165) is 25.3 Å². The van der Waals surface area contributed by atoms with Gasteiger partial charge in [-0.3, -0.25) is 4.79 Å². The average Bonchev–Trinajstić information content (AvgIpc) is 2.76. The summed E-state index contributed by atoms with van der Waals surface area (Å²) in [7, 11) is 0. The highest BCUT2D eigenvalue weighted by atomic mass is 35.5.